The summed E-state index contributed by atoms with van der Waals surface area (Å²) in [5, 5.41) is 16.9. The Hall–Kier alpha value is -2.86. The van der Waals surface area contributed by atoms with Gasteiger partial charge in [0.15, 0.2) is 0 Å². The highest BCUT2D eigenvalue weighted by Gasteiger charge is 2.46. The highest BCUT2D eigenvalue weighted by atomic mass is 16.3. The molecular formula is C25H29N3O3. The lowest BCUT2D eigenvalue weighted by molar-refractivity contribution is -0.145. The number of piperidine rings is 2. The summed E-state index contributed by atoms with van der Waals surface area (Å²) < 4.78 is 0. The number of phenols is 1. The van der Waals surface area contributed by atoms with E-state index in [1.165, 1.54) is 0 Å². The second kappa shape index (κ2) is 8.00. The zero-order chi connectivity index (χ0) is 21.5. The van der Waals surface area contributed by atoms with Gasteiger partial charge in [-0.05, 0) is 68.0 Å². The van der Waals surface area contributed by atoms with Crippen molar-refractivity contribution in [3.63, 3.8) is 0 Å². The molecule has 6 nitrogen and oxygen atoms in total. The molecule has 0 radical (unpaired) electrons. The Balaban J connectivity index is 1.49. The van der Waals surface area contributed by atoms with Crippen LogP contribution in [0.25, 0.3) is 0 Å². The van der Waals surface area contributed by atoms with Gasteiger partial charge in [-0.15, -0.1) is 0 Å². The molecule has 6 heteroatoms. The van der Waals surface area contributed by atoms with Crippen molar-refractivity contribution in [3.05, 3.63) is 64.7 Å². The maximum absolute atomic E-state index is 13.4. The Morgan fingerprint density at radius 1 is 1.26 bits per heavy atom. The van der Waals surface area contributed by atoms with Crippen molar-refractivity contribution in [2.24, 2.45) is 5.92 Å². The molecule has 162 valence electrons. The fourth-order valence-electron chi connectivity index (χ4n) is 5.60. The van der Waals surface area contributed by atoms with Crippen molar-refractivity contribution in [1.29, 1.82) is 0 Å². The van der Waals surface area contributed by atoms with Crippen molar-refractivity contribution < 1.29 is 14.7 Å². The second-order valence-corrected chi connectivity index (χ2v) is 9.01. The lowest BCUT2D eigenvalue weighted by atomic mass is 9.75. The number of nitrogens with zero attached hydrogens (tertiary/aromatic N) is 1. The number of carbonyl (C=O) groups excluding carboxylic acids is 2. The summed E-state index contributed by atoms with van der Waals surface area (Å²) in [5.41, 5.74) is 3.38. The molecule has 2 aromatic rings. The average Bonchev–Trinajstić information content (AvgIpc) is 2.79. The van der Waals surface area contributed by atoms with E-state index in [2.05, 4.69) is 10.6 Å². The second-order valence-electron chi connectivity index (χ2n) is 9.01. The summed E-state index contributed by atoms with van der Waals surface area (Å²) in [6, 6.07) is 13.0. The summed E-state index contributed by atoms with van der Waals surface area (Å²) in [6.45, 7) is 3.53. The first-order valence-electron chi connectivity index (χ1n) is 11.3. The minimum absolute atomic E-state index is 0.0408. The fourth-order valence-corrected chi connectivity index (χ4v) is 5.60. The molecule has 3 aliphatic rings. The van der Waals surface area contributed by atoms with E-state index in [0.717, 1.165) is 42.5 Å². The van der Waals surface area contributed by atoms with Crippen LogP contribution in [0.5, 0.6) is 5.75 Å². The normalized spacial score (nSPS) is 25.8. The number of benzene rings is 2. The number of aromatic hydroxyl groups is 1. The van der Waals surface area contributed by atoms with Crippen LogP contribution in [-0.4, -0.2) is 41.0 Å². The van der Waals surface area contributed by atoms with Gasteiger partial charge in [0.25, 0.3) is 5.91 Å². The summed E-state index contributed by atoms with van der Waals surface area (Å²) in [7, 11) is 0. The molecule has 2 saturated heterocycles. The van der Waals surface area contributed by atoms with Crippen molar-refractivity contribution in [2.45, 2.75) is 50.7 Å². The largest absolute Gasteiger partial charge is 0.508 e. The van der Waals surface area contributed by atoms with Gasteiger partial charge in [0, 0.05) is 18.2 Å². The number of amides is 2. The molecule has 0 aliphatic carbocycles. The van der Waals surface area contributed by atoms with Crippen LogP contribution in [0.4, 0.5) is 0 Å². The van der Waals surface area contributed by atoms with Gasteiger partial charge in [-0.2, -0.15) is 0 Å². The quantitative estimate of drug-likeness (QED) is 0.714. The van der Waals surface area contributed by atoms with Crippen LogP contribution in [0, 0.1) is 5.92 Å². The first-order valence-corrected chi connectivity index (χ1v) is 11.3. The van der Waals surface area contributed by atoms with Gasteiger partial charge in [-0.1, -0.05) is 30.3 Å². The number of hydrogen-bond donors (Lipinski definition) is 3. The van der Waals surface area contributed by atoms with E-state index in [4.69, 9.17) is 0 Å². The van der Waals surface area contributed by atoms with Gasteiger partial charge in [-0.25, -0.2) is 0 Å². The van der Waals surface area contributed by atoms with Crippen molar-refractivity contribution in [2.75, 3.05) is 13.1 Å². The highest BCUT2D eigenvalue weighted by molar-refractivity contribution is 5.97. The molecule has 0 saturated carbocycles. The van der Waals surface area contributed by atoms with Crippen molar-refractivity contribution in [1.82, 2.24) is 15.5 Å². The third-order valence-corrected chi connectivity index (χ3v) is 7.14. The van der Waals surface area contributed by atoms with E-state index in [1.807, 2.05) is 42.2 Å². The van der Waals surface area contributed by atoms with Crippen LogP contribution in [0.2, 0.25) is 0 Å². The molecule has 0 unspecified atom stereocenters. The summed E-state index contributed by atoms with van der Waals surface area (Å²) in [5.74, 6) is 0.132. The molecule has 3 aliphatic heterocycles. The third-order valence-electron chi connectivity index (χ3n) is 7.14. The third kappa shape index (κ3) is 3.59. The smallest absolute Gasteiger partial charge is 0.252 e. The maximum atomic E-state index is 13.4. The van der Waals surface area contributed by atoms with E-state index < -0.39 is 0 Å². The number of carbonyl (C=O) groups is 2. The van der Waals surface area contributed by atoms with Crippen molar-refractivity contribution in [3.8, 4) is 5.75 Å². The number of fused-ring (bicyclic) bond motifs is 4. The summed E-state index contributed by atoms with van der Waals surface area (Å²) in [4.78, 5) is 28.6. The molecule has 31 heavy (non-hydrogen) atoms. The monoisotopic (exact) mass is 419 g/mol. The van der Waals surface area contributed by atoms with Gasteiger partial charge < -0.3 is 20.6 Å². The van der Waals surface area contributed by atoms with E-state index in [1.54, 1.807) is 12.1 Å². The molecule has 2 aromatic carbocycles. The highest BCUT2D eigenvalue weighted by Crippen LogP contribution is 2.43. The standard InChI is InChI=1S/C25H29N3O3/c1-15(16-6-3-2-4-7-16)27-24(30)20-13-18(29)12-17-9-11-28-22(23(17)20)14-21-19(25(28)31)8-5-10-26-21/h2-4,6-7,12-13,15,19,21-22,26,29H,5,8-11,14H2,1H3,(H,27,30)/t15-,19-,21-,22+/m1/s1. The zero-order valence-corrected chi connectivity index (χ0v) is 17.8. The molecule has 3 N–H and O–H groups in total. The van der Waals surface area contributed by atoms with E-state index in [0.29, 0.717) is 18.5 Å². The molecular weight excluding hydrogens is 390 g/mol. The van der Waals surface area contributed by atoms with Crippen LogP contribution >= 0.6 is 0 Å². The van der Waals surface area contributed by atoms with Crippen LogP contribution in [-0.2, 0) is 11.2 Å². The van der Waals surface area contributed by atoms with Gasteiger partial charge in [0.2, 0.25) is 5.91 Å². The van der Waals surface area contributed by atoms with Gasteiger partial charge in [0.05, 0.1) is 18.0 Å². The summed E-state index contributed by atoms with van der Waals surface area (Å²) >= 11 is 0. The Labute approximate surface area is 182 Å². The Morgan fingerprint density at radius 3 is 2.87 bits per heavy atom. The van der Waals surface area contributed by atoms with Gasteiger partial charge >= 0.3 is 0 Å². The summed E-state index contributed by atoms with van der Waals surface area (Å²) in [6.07, 6.45) is 3.43. The molecule has 2 amide bonds. The van der Waals surface area contributed by atoms with Crippen molar-refractivity contribution >= 4 is 11.8 Å². The van der Waals surface area contributed by atoms with Crippen LogP contribution in [0.1, 0.15) is 65.3 Å². The number of hydrogen-bond acceptors (Lipinski definition) is 4. The first-order chi connectivity index (χ1) is 15.0. The van der Waals surface area contributed by atoms with Gasteiger partial charge in [-0.3, -0.25) is 9.59 Å². The number of rotatable bonds is 3. The van der Waals surface area contributed by atoms with E-state index in [-0.39, 0.29) is 41.6 Å². The maximum Gasteiger partial charge on any atom is 0.252 e. The predicted molar refractivity (Wildman–Crippen MR) is 118 cm³/mol. The predicted octanol–water partition coefficient (Wildman–Crippen LogP) is 3.08. The first kappa shape index (κ1) is 20.1. The molecule has 0 aromatic heterocycles. The molecule has 0 bridgehead atoms. The van der Waals surface area contributed by atoms with E-state index in [9.17, 15) is 14.7 Å². The van der Waals surface area contributed by atoms with Crippen LogP contribution in [0.15, 0.2) is 42.5 Å². The number of phenolic OH excluding ortho intramolecular Hbond substituents is 1. The molecule has 4 atom stereocenters. The Kier molecular flexibility index (Phi) is 5.18. The topological polar surface area (TPSA) is 81.7 Å². The molecule has 5 rings (SSSR count). The minimum atomic E-state index is -0.212. The average molecular weight is 420 g/mol. The fraction of sp³-hybridized carbons (Fsp3) is 0.440. The lowest BCUT2D eigenvalue weighted by Gasteiger charge is -2.48. The SMILES string of the molecule is C[C@@H](NC(=O)c1cc(O)cc2c1[C@@H]1C[C@H]3NCCC[C@H]3C(=O)N1CC2)c1ccccc1. The Bertz CT molecular complexity index is 1010. The molecule has 3 heterocycles. The Morgan fingerprint density at radius 2 is 2.06 bits per heavy atom. The van der Waals surface area contributed by atoms with Gasteiger partial charge in [0.1, 0.15) is 5.75 Å². The molecule has 0 spiro atoms. The van der Waals surface area contributed by atoms with Crippen LogP contribution < -0.4 is 10.6 Å². The number of nitrogens with one attached hydrogen (secondary N) is 2. The minimum Gasteiger partial charge on any atom is -0.508 e. The van der Waals surface area contributed by atoms with E-state index >= 15 is 0 Å². The molecule has 2 fully saturated rings. The zero-order valence-electron chi connectivity index (χ0n) is 17.8. The lowest BCUT2D eigenvalue weighted by Crippen LogP contribution is -2.58. The van der Waals surface area contributed by atoms with Crippen LogP contribution in [0.3, 0.4) is 0 Å².